The summed E-state index contributed by atoms with van der Waals surface area (Å²) < 4.78 is 0. The third-order valence-corrected chi connectivity index (χ3v) is 2.30. The Morgan fingerprint density at radius 1 is 1.23 bits per heavy atom. The van der Waals surface area contributed by atoms with Crippen LogP contribution < -0.4 is 0 Å². The average molecular weight is 178 g/mol. The van der Waals surface area contributed by atoms with Crippen LogP contribution >= 0.6 is 0 Å². The molecule has 0 aliphatic rings. The standard InChI is InChI=1S/C12H18O/c1-3-4-10(2)9-11-5-7-12(13)8-6-11/h5-8,10,13H,3-4,9H2,1-2H3/t10-/m1/s1. The van der Waals surface area contributed by atoms with E-state index in [9.17, 15) is 0 Å². The summed E-state index contributed by atoms with van der Waals surface area (Å²) in [5.41, 5.74) is 1.32. The van der Waals surface area contributed by atoms with Gasteiger partial charge in [-0.3, -0.25) is 0 Å². The quantitative estimate of drug-likeness (QED) is 0.749. The second-order valence-electron chi connectivity index (χ2n) is 3.76. The van der Waals surface area contributed by atoms with Crippen molar-refractivity contribution in [2.24, 2.45) is 5.92 Å². The maximum absolute atomic E-state index is 9.09. The molecule has 0 fully saturated rings. The molecule has 1 nitrogen and oxygen atoms in total. The van der Waals surface area contributed by atoms with E-state index in [0.29, 0.717) is 5.75 Å². The van der Waals surface area contributed by atoms with E-state index in [1.54, 1.807) is 12.1 Å². The second kappa shape index (κ2) is 4.90. The highest BCUT2D eigenvalue weighted by molar-refractivity contribution is 5.26. The molecule has 0 saturated heterocycles. The van der Waals surface area contributed by atoms with Gasteiger partial charge in [-0.05, 0) is 30.0 Å². The van der Waals surface area contributed by atoms with Gasteiger partial charge in [-0.1, -0.05) is 38.8 Å². The van der Waals surface area contributed by atoms with Crippen LogP contribution in [0, 0.1) is 5.92 Å². The molecule has 0 bridgehead atoms. The molecule has 0 spiro atoms. The van der Waals surface area contributed by atoms with Crippen LogP contribution in [-0.2, 0) is 6.42 Å². The van der Waals surface area contributed by atoms with E-state index in [-0.39, 0.29) is 0 Å². The Morgan fingerprint density at radius 3 is 2.38 bits per heavy atom. The van der Waals surface area contributed by atoms with E-state index in [4.69, 9.17) is 5.11 Å². The lowest BCUT2D eigenvalue weighted by Gasteiger charge is -2.09. The highest BCUT2D eigenvalue weighted by Crippen LogP contribution is 2.16. The van der Waals surface area contributed by atoms with E-state index < -0.39 is 0 Å². The molecule has 0 amide bonds. The minimum atomic E-state index is 0.354. The maximum atomic E-state index is 9.09. The van der Waals surface area contributed by atoms with E-state index in [0.717, 1.165) is 12.3 Å². The van der Waals surface area contributed by atoms with Gasteiger partial charge in [-0.25, -0.2) is 0 Å². The molecule has 1 rings (SSSR count). The number of phenols is 1. The van der Waals surface area contributed by atoms with Gasteiger partial charge in [0.25, 0.3) is 0 Å². The molecular formula is C12H18O. The number of benzene rings is 1. The van der Waals surface area contributed by atoms with Crippen molar-refractivity contribution in [1.29, 1.82) is 0 Å². The summed E-state index contributed by atoms with van der Waals surface area (Å²) in [6.45, 7) is 4.49. The molecule has 1 aromatic rings. The Morgan fingerprint density at radius 2 is 1.85 bits per heavy atom. The Kier molecular flexibility index (Phi) is 3.81. The Balaban J connectivity index is 2.49. The molecule has 0 aliphatic carbocycles. The minimum absolute atomic E-state index is 0.354. The Bertz CT molecular complexity index is 238. The van der Waals surface area contributed by atoms with Crippen LogP contribution in [0.2, 0.25) is 0 Å². The number of aromatic hydroxyl groups is 1. The second-order valence-corrected chi connectivity index (χ2v) is 3.76. The fourth-order valence-electron chi connectivity index (χ4n) is 1.63. The SMILES string of the molecule is CCC[C@@H](C)Cc1ccc(O)cc1. The summed E-state index contributed by atoms with van der Waals surface area (Å²) in [5, 5.41) is 9.09. The van der Waals surface area contributed by atoms with Crippen LogP contribution in [0.25, 0.3) is 0 Å². The lowest BCUT2D eigenvalue weighted by Crippen LogP contribution is -1.98. The first-order valence-corrected chi connectivity index (χ1v) is 5.00. The smallest absolute Gasteiger partial charge is 0.115 e. The summed E-state index contributed by atoms with van der Waals surface area (Å²) in [7, 11) is 0. The van der Waals surface area contributed by atoms with Crippen LogP contribution in [0.1, 0.15) is 32.3 Å². The van der Waals surface area contributed by atoms with Gasteiger partial charge in [0.05, 0.1) is 0 Å². The highest BCUT2D eigenvalue weighted by atomic mass is 16.3. The largest absolute Gasteiger partial charge is 0.508 e. The molecule has 1 N–H and O–H groups in total. The van der Waals surface area contributed by atoms with Gasteiger partial charge in [-0.2, -0.15) is 0 Å². The van der Waals surface area contributed by atoms with Crippen molar-refractivity contribution in [3.05, 3.63) is 29.8 Å². The van der Waals surface area contributed by atoms with Crippen molar-refractivity contribution in [3.8, 4) is 5.75 Å². The fraction of sp³-hybridized carbons (Fsp3) is 0.500. The molecule has 0 aromatic heterocycles. The van der Waals surface area contributed by atoms with Gasteiger partial charge < -0.3 is 5.11 Å². The number of phenolic OH excluding ortho intramolecular Hbond substituents is 1. The van der Waals surface area contributed by atoms with Crippen molar-refractivity contribution in [2.75, 3.05) is 0 Å². The zero-order valence-electron chi connectivity index (χ0n) is 8.46. The predicted molar refractivity (Wildman–Crippen MR) is 55.9 cm³/mol. The van der Waals surface area contributed by atoms with Crippen molar-refractivity contribution >= 4 is 0 Å². The first-order valence-electron chi connectivity index (χ1n) is 5.00. The summed E-state index contributed by atoms with van der Waals surface area (Å²) in [6.07, 6.45) is 3.65. The van der Waals surface area contributed by atoms with Gasteiger partial charge >= 0.3 is 0 Å². The number of hydrogen-bond donors (Lipinski definition) is 1. The van der Waals surface area contributed by atoms with Crippen LogP contribution in [0.5, 0.6) is 5.75 Å². The van der Waals surface area contributed by atoms with Gasteiger partial charge in [0.15, 0.2) is 0 Å². The summed E-state index contributed by atoms with van der Waals surface area (Å²) in [5.74, 6) is 1.10. The lowest BCUT2D eigenvalue weighted by atomic mass is 9.97. The summed E-state index contributed by atoms with van der Waals surface area (Å²) in [6, 6.07) is 7.52. The molecule has 1 atom stereocenters. The number of hydrogen-bond acceptors (Lipinski definition) is 1. The topological polar surface area (TPSA) is 20.2 Å². The molecule has 1 heteroatoms. The fourth-order valence-corrected chi connectivity index (χ4v) is 1.63. The summed E-state index contributed by atoms with van der Waals surface area (Å²) in [4.78, 5) is 0. The first-order chi connectivity index (χ1) is 6.22. The zero-order valence-corrected chi connectivity index (χ0v) is 8.46. The van der Waals surface area contributed by atoms with Crippen LogP contribution in [0.3, 0.4) is 0 Å². The van der Waals surface area contributed by atoms with Crippen LogP contribution in [0.15, 0.2) is 24.3 Å². The van der Waals surface area contributed by atoms with Crippen LogP contribution in [-0.4, -0.2) is 5.11 Å². The molecule has 1 aromatic carbocycles. The van der Waals surface area contributed by atoms with E-state index >= 15 is 0 Å². The van der Waals surface area contributed by atoms with Gasteiger partial charge in [0, 0.05) is 0 Å². The van der Waals surface area contributed by atoms with Crippen molar-refractivity contribution in [1.82, 2.24) is 0 Å². The van der Waals surface area contributed by atoms with Crippen molar-refractivity contribution < 1.29 is 5.11 Å². The third kappa shape index (κ3) is 3.49. The Labute approximate surface area is 80.4 Å². The summed E-state index contributed by atoms with van der Waals surface area (Å²) >= 11 is 0. The van der Waals surface area contributed by atoms with Gasteiger partial charge in [0.1, 0.15) is 5.75 Å². The normalized spacial score (nSPS) is 12.8. The van der Waals surface area contributed by atoms with Gasteiger partial charge in [-0.15, -0.1) is 0 Å². The molecule has 72 valence electrons. The molecule has 0 unspecified atom stereocenters. The lowest BCUT2D eigenvalue weighted by molar-refractivity contribution is 0.474. The van der Waals surface area contributed by atoms with E-state index in [2.05, 4.69) is 13.8 Å². The van der Waals surface area contributed by atoms with Crippen molar-refractivity contribution in [3.63, 3.8) is 0 Å². The molecule has 0 aliphatic heterocycles. The third-order valence-electron chi connectivity index (χ3n) is 2.30. The predicted octanol–water partition coefficient (Wildman–Crippen LogP) is 3.37. The molecule has 0 saturated carbocycles. The van der Waals surface area contributed by atoms with Gasteiger partial charge in [0.2, 0.25) is 0 Å². The average Bonchev–Trinajstić information content (AvgIpc) is 2.09. The Hall–Kier alpha value is -0.980. The molecule has 0 radical (unpaired) electrons. The molecular weight excluding hydrogens is 160 g/mol. The first kappa shape index (κ1) is 10.1. The monoisotopic (exact) mass is 178 g/mol. The molecule has 13 heavy (non-hydrogen) atoms. The van der Waals surface area contributed by atoms with Crippen molar-refractivity contribution in [2.45, 2.75) is 33.1 Å². The van der Waals surface area contributed by atoms with E-state index in [1.165, 1.54) is 18.4 Å². The molecule has 0 heterocycles. The van der Waals surface area contributed by atoms with Crippen LogP contribution in [0.4, 0.5) is 0 Å². The number of rotatable bonds is 4. The highest BCUT2D eigenvalue weighted by Gasteiger charge is 2.01. The zero-order chi connectivity index (χ0) is 9.68. The van der Waals surface area contributed by atoms with E-state index in [1.807, 2.05) is 12.1 Å². The minimum Gasteiger partial charge on any atom is -0.508 e. The maximum Gasteiger partial charge on any atom is 0.115 e.